The zero-order valence-electron chi connectivity index (χ0n) is 17.8. The van der Waals surface area contributed by atoms with Crippen molar-refractivity contribution >= 4 is 39.7 Å². The van der Waals surface area contributed by atoms with Gasteiger partial charge in [-0.1, -0.05) is 24.3 Å². The van der Waals surface area contributed by atoms with Crippen molar-refractivity contribution in [1.29, 1.82) is 0 Å². The highest BCUT2D eigenvalue weighted by Crippen LogP contribution is 2.31. The molecule has 11 heteroatoms. The van der Waals surface area contributed by atoms with E-state index in [0.29, 0.717) is 5.75 Å². The average molecular weight is 495 g/mol. The molecule has 1 amide bonds. The third kappa shape index (κ3) is 4.23. The Morgan fingerprint density at radius 1 is 0.882 bits per heavy atom. The molecule has 0 aromatic heterocycles. The highest BCUT2D eigenvalue weighted by atomic mass is 32.1. The van der Waals surface area contributed by atoms with E-state index in [4.69, 9.17) is 17.0 Å². The van der Waals surface area contributed by atoms with Gasteiger partial charge in [-0.05, 0) is 35.1 Å². The van der Waals surface area contributed by atoms with Crippen LogP contribution in [0.15, 0.2) is 36.4 Å². The molecule has 5 nitrogen and oxygen atoms in total. The number of nitrogens with one attached hydrogen (secondary N) is 1. The SMILES string of the molecule is COc1cc2ccccc2cc1C(=O)NC(=S)N1CCN(c2c(F)c(F)c(F)c(F)c2F)CC1. The van der Waals surface area contributed by atoms with Crippen LogP contribution in [0.4, 0.5) is 27.6 Å². The number of thiocarbonyl (C=S) groups is 1. The Morgan fingerprint density at radius 2 is 1.41 bits per heavy atom. The second kappa shape index (κ2) is 9.41. The molecular weight excluding hydrogens is 477 g/mol. The summed E-state index contributed by atoms with van der Waals surface area (Å²) in [6, 6.07) is 10.8. The van der Waals surface area contributed by atoms with Crippen molar-refractivity contribution in [3.8, 4) is 5.75 Å². The molecule has 0 unspecified atom stereocenters. The van der Waals surface area contributed by atoms with Crippen LogP contribution in [0.5, 0.6) is 5.75 Å². The van der Waals surface area contributed by atoms with Crippen LogP contribution in [-0.2, 0) is 0 Å². The number of benzene rings is 3. The molecule has 0 spiro atoms. The van der Waals surface area contributed by atoms with Crippen molar-refractivity contribution in [2.45, 2.75) is 0 Å². The van der Waals surface area contributed by atoms with Gasteiger partial charge in [0, 0.05) is 26.2 Å². The van der Waals surface area contributed by atoms with Gasteiger partial charge in [0.05, 0.1) is 12.7 Å². The maximum Gasteiger partial charge on any atom is 0.261 e. The van der Waals surface area contributed by atoms with Gasteiger partial charge in [-0.25, -0.2) is 22.0 Å². The van der Waals surface area contributed by atoms with Gasteiger partial charge < -0.3 is 14.5 Å². The normalized spacial score (nSPS) is 13.8. The summed E-state index contributed by atoms with van der Waals surface area (Å²) >= 11 is 5.31. The van der Waals surface area contributed by atoms with E-state index in [9.17, 15) is 26.7 Å². The van der Waals surface area contributed by atoms with Crippen LogP contribution in [0.1, 0.15) is 10.4 Å². The number of fused-ring (bicyclic) bond motifs is 1. The van der Waals surface area contributed by atoms with Crippen molar-refractivity contribution in [3.63, 3.8) is 0 Å². The maximum atomic E-state index is 14.1. The fourth-order valence-corrected chi connectivity index (χ4v) is 4.09. The van der Waals surface area contributed by atoms with E-state index < -0.39 is 40.7 Å². The van der Waals surface area contributed by atoms with E-state index in [1.807, 2.05) is 24.3 Å². The molecule has 1 aliphatic rings. The molecule has 34 heavy (non-hydrogen) atoms. The largest absolute Gasteiger partial charge is 0.496 e. The monoisotopic (exact) mass is 495 g/mol. The minimum Gasteiger partial charge on any atom is -0.496 e. The first-order chi connectivity index (χ1) is 16.2. The highest BCUT2D eigenvalue weighted by Gasteiger charge is 2.31. The van der Waals surface area contributed by atoms with E-state index in [-0.39, 0.29) is 36.9 Å². The Kier molecular flexibility index (Phi) is 6.56. The molecule has 0 aliphatic carbocycles. The Labute approximate surface area is 196 Å². The zero-order chi connectivity index (χ0) is 24.6. The molecule has 1 aliphatic heterocycles. The predicted molar refractivity (Wildman–Crippen MR) is 121 cm³/mol. The van der Waals surface area contributed by atoms with Crippen LogP contribution in [0, 0.1) is 29.1 Å². The molecule has 0 atom stereocenters. The number of piperazine rings is 1. The van der Waals surface area contributed by atoms with Gasteiger partial charge in [-0.2, -0.15) is 0 Å². The summed E-state index contributed by atoms with van der Waals surface area (Å²) in [4.78, 5) is 15.5. The predicted octanol–water partition coefficient (Wildman–Crippen LogP) is 4.38. The molecule has 1 N–H and O–H groups in total. The molecule has 3 aromatic carbocycles. The third-order valence-corrected chi connectivity index (χ3v) is 5.96. The number of carbonyl (C=O) groups is 1. The van der Waals surface area contributed by atoms with Crippen LogP contribution in [-0.4, -0.2) is 49.2 Å². The standard InChI is InChI=1S/C23H18F5N3O2S/c1-33-15-11-13-5-3-2-4-12(13)10-14(15)22(32)29-23(34)31-8-6-30(7-9-31)21-19(27)17(25)16(24)18(26)20(21)28/h2-5,10-11H,6-9H2,1H3,(H,29,32,34). The summed E-state index contributed by atoms with van der Waals surface area (Å²) in [6.07, 6.45) is 0. The number of anilines is 1. The topological polar surface area (TPSA) is 44.8 Å². The van der Waals surface area contributed by atoms with Gasteiger partial charge in [-0.3, -0.25) is 10.1 Å². The molecule has 0 radical (unpaired) electrons. The number of hydrogen-bond donors (Lipinski definition) is 1. The van der Waals surface area contributed by atoms with E-state index in [1.54, 1.807) is 17.0 Å². The lowest BCUT2D eigenvalue weighted by molar-refractivity contribution is 0.0970. The van der Waals surface area contributed by atoms with Crippen LogP contribution >= 0.6 is 12.2 Å². The number of nitrogens with zero attached hydrogens (tertiary/aromatic N) is 2. The Hall–Kier alpha value is -3.47. The average Bonchev–Trinajstić information content (AvgIpc) is 2.85. The molecular formula is C23H18F5N3O2S. The number of hydrogen-bond acceptors (Lipinski definition) is 4. The molecule has 1 saturated heterocycles. The number of ether oxygens (including phenoxy) is 1. The first-order valence-electron chi connectivity index (χ1n) is 10.2. The third-order valence-electron chi connectivity index (χ3n) is 5.60. The lowest BCUT2D eigenvalue weighted by Gasteiger charge is -2.37. The first kappa shape index (κ1) is 23.7. The molecule has 178 valence electrons. The lowest BCUT2D eigenvalue weighted by atomic mass is 10.1. The Morgan fingerprint density at radius 3 is 1.97 bits per heavy atom. The first-order valence-corrected chi connectivity index (χ1v) is 10.6. The van der Waals surface area contributed by atoms with Gasteiger partial charge in [0.1, 0.15) is 11.4 Å². The van der Waals surface area contributed by atoms with Gasteiger partial charge in [0.2, 0.25) is 5.82 Å². The number of rotatable bonds is 3. The van der Waals surface area contributed by atoms with Crippen molar-refractivity contribution in [1.82, 2.24) is 10.2 Å². The van der Waals surface area contributed by atoms with Crippen molar-refractivity contribution in [2.75, 3.05) is 38.2 Å². The second-order valence-electron chi connectivity index (χ2n) is 7.55. The highest BCUT2D eigenvalue weighted by molar-refractivity contribution is 7.80. The van der Waals surface area contributed by atoms with Crippen LogP contribution in [0.2, 0.25) is 0 Å². The minimum absolute atomic E-state index is 0.0669. The number of methoxy groups -OCH3 is 1. The smallest absolute Gasteiger partial charge is 0.261 e. The lowest BCUT2D eigenvalue weighted by Crippen LogP contribution is -2.53. The molecule has 0 saturated carbocycles. The summed E-state index contributed by atoms with van der Waals surface area (Å²) in [5, 5.41) is 4.40. The summed E-state index contributed by atoms with van der Waals surface area (Å²) in [5.74, 6) is -10.1. The van der Waals surface area contributed by atoms with Gasteiger partial charge >= 0.3 is 0 Å². The van der Waals surface area contributed by atoms with Crippen LogP contribution in [0.3, 0.4) is 0 Å². The van der Waals surface area contributed by atoms with Gasteiger partial charge in [-0.15, -0.1) is 0 Å². The number of amides is 1. The maximum absolute atomic E-state index is 14.1. The summed E-state index contributed by atoms with van der Waals surface area (Å²) < 4.78 is 74.0. The molecule has 1 heterocycles. The summed E-state index contributed by atoms with van der Waals surface area (Å²) in [6.45, 7) is 0.0300. The Balaban J connectivity index is 1.46. The van der Waals surface area contributed by atoms with Crippen molar-refractivity contribution in [3.05, 3.63) is 71.0 Å². The van der Waals surface area contributed by atoms with Crippen LogP contribution < -0.4 is 15.0 Å². The molecule has 0 bridgehead atoms. The van der Waals surface area contributed by atoms with E-state index in [1.165, 1.54) is 7.11 Å². The summed E-state index contributed by atoms with van der Waals surface area (Å²) in [5.41, 5.74) is -0.713. The minimum atomic E-state index is -2.20. The zero-order valence-corrected chi connectivity index (χ0v) is 18.6. The number of carbonyl (C=O) groups excluding carboxylic acids is 1. The van der Waals surface area contributed by atoms with Crippen LogP contribution in [0.25, 0.3) is 10.8 Å². The molecule has 1 fully saturated rings. The second-order valence-corrected chi connectivity index (χ2v) is 7.94. The van der Waals surface area contributed by atoms with E-state index in [2.05, 4.69) is 5.32 Å². The molecule has 3 aromatic rings. The van der Waals surface area contributed by atoms with Crippen molar-refractivity contribution < 1.29 is 31.5 Å². The van der Waals surface area contributed by atoms with Gasteiger partial charge in [0.25, 0.3) is 5.91 Å². The van der Waals surface area contributed by atoms with E-state index >= 15 is 0 Å². The summed E-state index contributed by atoms with van der Waals surface area (Å²) in [7, 11) is 1.44. The quantitative estimate of drug-likeness (QED) is 0.253. The Bertz CT molecular complexity index is 1270. The fourth-order valence-electron chi connectivity index (χ4n) is 3.81. The van der Waals surface area contributed by atoms with E-state index in [0.717, 1.165) is 15.7 Å². The number of halogens is 5. The molecule has 4 rings (SSSR count). The fraction of sp³-hybridized carbons (Fsp3) is 0.217. The van der Waals surface area contributed by atoms with Crippen molar-refractivity contribution in [2.24, 2.45) is 0 Å². The van der Waals surface area contributed by atoms with Gasteiger partial charge in [0.15, 0.2) is 28.4 Å².